The summed E-state index contributed by atoms with van der Waals surface area (Å²) in [4.78, 5) is 25.0. The number of rotatable bonds is 2. The van der Waals surface area contributed by atoms with E-state index in [0.29, 0.717) is 25.3 Å². The third-order valence-corrected chi connectivity index (χ3v) is 4.22. The van der Waals surface area contributed by atoms with Gasteiger partial charge in [0.1, 0.15) is 5.75 Å². The zero-order valence-corrected chi connectivity index (χ0v) is 11.9. The van der Waals surface area contributed by atoms with Crippen molar-refractivity contribution >= 4 is 17.7 Å². The molecule has 1 aromatic carbocycles. The largest absolute Gasteiger partial charge is 0.493 e. The van der Waals surface area contributed by atoms with Gasteiger partial charge >= 0.3 is 12.0 Å². The first kappa shape index (κ1) is 13.7. The summed E-state index contributed by atoms with van der Waals surface area (Å²) in [5.74, 6) is 0.0140. The second-order valence-electron chi connectivity index (χ2n) is 5.89. The lowest BCUT2D eigenvalue weighted by Gasteiger charge is -2.20. The average Bonchev–Trinajstić information content (AvgIpc) is 3.05. The van der Waals surface area contributed by atoms with E-state index in [9.17, 15) is 14.7 Å². The number of hydrogen-bond acceptors (Lipinski definition) is 3. The quantitative estimate of drug-likeness (QED) is 0.872. The SMILES string of the molecule is CC1(C(=O)O)CCN(C(=O)Nc2ccc3c(c2)CCO3)C1. The van der Waals surface area contributed by atoms with Crippen LogP contribution in [0.2, 0.25) is 0 Å². The van der Waals surface area contributed by atoms with Gasteiger partial charge in [0.25, 0.3) is 0 Å². The second kappa shape index (κ2) is 4.95. The van der Waals surface area contributed by atoms with Crippen LogP contribution < -0.4 is 10.1 Å². The number of fused-ring (bicyclic) bond motifs is 1. The van der Waals surface area contributed by atoms with Crippen LogP contribution in [-0.4, -0.2) is 41.7 Å². The minimum absolute atomic E-state index is 0.238. The maximum absolute atomic E-state index is 12.2. The molecule has 0 spiro atoms. The standard InChI is InChI=1S/C15H18N2O4/c1-15(13(18)19)5-6-17(9-15)14(20)16-11-2-3-12-10(8-11)4-7-21-12/h2-3,8H,4-7,9H2,1H3,(H,16,20)(H,18,19). The predicted molar refractivity (Wildman–Crippen MR) is 76.6 cm³/mol. The van der Waals surface area contributed by atoms with E-state index in [1.54, 1.807) is 17.9 Å². The van der Waals surface area contributed by atoms with Crippen LogP contribution in [0.25, 0.3) is 0 Å². The molecule has 6 nitrogen and oxygen atoms in total. The van der Waals surface area contributed by atoms with Crippen LogP contribution in [0.3, 0.4) is 0 Å². The summed E-state index contributed by atoms with van der Waals surface area (Å²) in [7, 11) is 0. The Bertz CT molecular complexity index is 601. The second-order valence-corrected chi connectivity index (χ2v) is 5.89. The minimum Gasteiger partial charge on any atom is -0.493 e. The zero-order valence-electron chi connectivity index (χ0n) is 11.9. The minimum atomic E-state index is -0.854. The number of hydrogen-bond donors (Lipinski definition) is 2. The van der Waals surface area contributed by atoms with Crippen LogP contribution >= 0.6 is 0 Å². The smallest absolute Gasteiger partial charge is 0.321 e. The molecule has 2 heterocycles. The fourth-order valence-electron chi connectivity index (χ4n) is 2.78. The molecular weight excluding hydrogens is 272 g/mol. The number of carbonyl (C=O) groups is 2. The Labute approximate surface area is 122 Å². The Morgan fingerprint density at radius 2 is 2.24 bits per heavy atom. The first-order valence-electron chi connectivity index (χ1n) is 7.03. The maximum Gasteiger partial charge on any atom is 0.321 e. The number of urea groups is 1. The predicted octanol–water partition coefficient (Wildman–Crippen LogP) is 1.95. The van der Waals surface area contributed by atoms with Crippen molar-refractivity contribution in [3.05, 3.63) is 23.8 Å². The van der Waals surface area contributed by atoms with Crippen LogP contribution in [0.5, 0.6) is 5.75 Å². The Morgan fingerprint density at radius 3 is 2.95 bits per heavy atom. The van der Waals surface area contributed by atoms with Gasteiger partial charge in [-0.3, -0.25) is 4.79 Å². The van der Waals surface area contributed by atoms with Crippen molar-refractivity contribution in [3.63, 3.8) is 0 Å². The van der Waals surface area contributed by atoms with Gasteiger partial charge in [0.15, 0.2) is 0 Å². The molecule has 0 aliphatic carbocycles. The highest BCUT2D eigenvalue weighted by molar-refractivity contribution is 5.90. The topological polar surface area (TPSA) is 78.9 Å². The van der Waals surface area contributed by atoms with Crippen LogP contribution in [0.4, 0.5) is 10.5 Å². The summed E-state index contributed by atoms with van der Waals surface area (Å²) in [6.07, 6.45) is 1.33. The van der Waals surface area contributed by atoms with Gasteiger partial charge in [-0.15, -0.1) is 0 Å². The van der Waals surface area contributed by atoms with E-state index in [0.717, 1.165) is 17.7 Å². The van der Waals surface area contributed by atoms with E-state index in [-0.39, 0.29) is 12.6 Å². The van der Waals surface area contributed by atoms with Crippen molar-refractivity contribution in [1.29, 1.82) is 0 Å². The first-order valence-corrected chi connectivity index (χ1v) is 7.03. The van der Waals surface area contributed by atoms with Crippen molar-refractivity contribution in [1.82, 2.24) is 4.90 Å². The summed E-state index contributed by atoms with van der Waals surface area (Å²) in [5, 5.41) is 12.0. The molecule has 3 rings (SSSR count). The molecule has 1 aromatic rings. The van der Waals surface area contributed by atoms with Crippen molar-refractivity contribution in [2.45, 2.75) is 19.8 Å². The van der Waals surface area contributed by atoms with Crippen molar-refractivity contribution in [3.8, 4) is 5.75 Å². The zero-order chi connectivity index (χ0) is 15.0. The monoisotopic (exact) mass is 290 g/mol. The number of nitrogens with zero attached hydrogens (tertiary/aromatic N) is 1. The molecule has 2 aliphatic rings. The van der Waals surface area contributed by atoms with Gasteiger partial charge < -0.3 is 20.1 Å². The number of amides is 2. The van der Waals surface area contributed by atoms with Gasteiger partial charge in [-0.25, -0.2) is 4.79 Å². The van der Waals surface area contributed by atoms with E-state index in [1.807, 2.05) is 12.1 Å². The van der Waals surface area contributed by atoms with E-state index < -0.39 is 11.4 Å². The number of carbonyl (C=O) groups excluding carboxylic acids is 1. The van der Waals surface area contributed by atoms with Crippen LogP contribution in [0.1, 0.15) is 18.9 Å². The fourth-order valence-corrected chi connectivity index (χ4v) is 2.78. The van der Waals surface area contributed by atoms with E-state index >= 15 is 0 Å². The van der Waals surface area contributed by atoms with E-state index in [1.165, 1.54) is 0 Å². The number of likely N-dealkylation sites (tertiary alicyclic amines) is 1. The van der Waals surface area contributed by atoms with Gasteiger partial charge in [-0.2, -0.15) is 0 Å². The Balaban J connectivity index is 1.66. The molecule has 0 bridgehead atoms. The average molecular weight is 290 g/mol. The fraction of sp³-hybridized carbons (Fsp3) is 0.467. The highest BCUT2D eigenvalue weighted by Gasteiger charge is 2.42. The number of carboxylic acid groups (broad SMARTS) is 1. The van der Waals surface area contributed by atoms with Crippen LogP contribution in [0, 0.1) is 5.41 Å². The number of aliphatic carboxylic acids is 1. The molecular formula is C15H18N2O4. The third kappa shape index (κ3) is 2.53. The Hall–Kier alpha value is -2.24. The molecule has 2 amide bonds. The summed E-state index contributed by atoms with van der Waals surface area (Å²) >= 11 is 0. The van der Waals surface area contributed by atoms with Gasteiger partial charge in [0.05, 0.1) is 12.0 Å². The molecule has 0 radical (unpaired) electrons. The summed E-state index contributed by atoms with van der Waals surface area (Å²) in [6.45, 7) is 3.05. The van der Waals surface area contributed by atoms with Crippen LogP contribution in [0.15, 0.2) is 18.2 Å². The third-order valence-electron chi connectivity index (χ3n) is 4.22. The summed E-state index contributed by atoms with van der Waals surface area (Å²) in [5.41, 5.74) is 0.959. The van der Waals surface area contributed by atoms with Crippen molar-refractivity contribution < 1.29 is 19.4 Å². The van der Waals surface area contributed by atoms with Crippen molar-refractivity contribution in [2.24, 2.45) is 5.41 Å². The molecule has 1 unspecified atom stereocenters. The van der Waals surface area contributed by atoms with Gasteiger partial charge in [-0.05, 0) is 37.1 Å². The lowest BCUT2D eigenvalue weighted by molar-refractivity contribution is -0.146. The number of anilines is 1. The van der Waals surface area contributed by atoms with Crippen LogP contribution in [-0.2, 0) is 11.2 Å². The molecule has 2 aliphatic heterocycles. The number of benzene rings is 1. The molecule has 1 atom stereocenters. The highest BCUT2D eigenvalue weighted by atomic mass is 16.5. The summed E-state index contributed by atoms with van der Waals surface area (Å²) < 4.78 is 5.42. The normalized spacial score (nSPS) is 23.6. The van der Waals surface area contributed by atoms with E-state index in [2.05, 4.69) is 5.32 Å². The molecule has 6 heteroatoms. The lowest BCUT2D eigenvalue weighted by Crippen LogP contribution is -2.37. The van der Waals surface area contributed by atoms with Gasteiger partial charge in [0.2, 0.25) is 0 Å². The number of nitrogens with one attached hydrogen (secondary N) is 1. The lowest BCUT2D eigenvalue weighted by atomic mass is 9.90. The summed E-state index contributed by atoms with van der Waals surface area (Å²) in [6, 6.07) is 5.31. The maximum atomic E-state index is 12.2. The molecule has 1 fully saturated rings. The van der Waals surface area contributed by atoms with Gasteiger partial charge in [0, 0.05) is 25.2 Å². The molecule has 0 aromatic heterocycles. The molecule has 21 heavy (non-hydrogen) atoms. The van der Waals surface area contributed by atoms with E-state index in [4.69, 9.17) is 4.74 Å². The molecule has 0 saturated carbocycles. The van der Waals surface area contributed by atoms with Gasteiger partial charge in [-0.1, -0.05) is 0 Å². The Morgan fingerprint density at radius 1 is 1.43 bits per heavy atom. The molecule has 2 N–H and O–H groups in total. The molecule has 112 valence electrons. The first-order chi connectivity index (χ1) is 9.98. The Kier molecular flexibility index (Phi) is 3.23. The van der Waals surface area contributed by atoms with Crippen molar-refractivity contribution in [2.75, 3.05) is 25.0 Å². The molecule has 1 saturated heterocycles. The number of ether oxygens (including phenoxy) is 1. The number of carboxylic acids is 1. The highest BCUT2D eigenvalue weighted by Crippen LogP contribution is 2.31.